The van der Waals surface area contributed by atoms with Crippen molar-refractivity contribution in [3.63, 3.8) is 0 Å². The van der Waals surface area contributed by atoms with E-state index in [1.165, 1.54) is 6.07 Å². The second kappa shape index (κ2) is 10.1. The molecule has 0 atom stereocenters. The molecule has 33 heavy (non-hydrogen) atoms. The lowest BCUT2D eigenvalue weighted by Gasteiger charge is -2.35. The zero-order valence-corrected chi connectivity index (χ0v) is 19.0. The highest BCUT2D eigenvalue weighted by molar-refractivity contribution is 5.94. The van der Waals surface area contributed by atoms with E-state index in [9.17, 15) is 13.6 Å². The first-order valence-corrected chi connectivity index (χ1v) is 11.1. The van der Waals surface area contributed by atoms with Gasteiger partial charge in [0.25, 0.3) is 5.91 Å². The molecule has 0 spiro atoms. The van der Waals surface area contributed by atoms with E-state index in [1.54, 1.807) is 6.07 Å². The standard InChI is InChI=1S/C27H28F2N2O2/c1-19-9-10-20(2)25(15-19)33-18-21-5-3-6-22(16-21)27(32)31-13-11-30(12-14-31)17-23-7-4-8-24(28)26(23)29/h3-10,15-16H,11-14,17-18H2,1-2H3. The Labute approximate surface area is 193 Å². The Morgan fingerprint density at radius 1 is 0.939 bits per heavy atom. The lowest BCUT2D eigenvalue weighted by Crippen LogP contribution is -2.48. The summed E-state index contributed by atoms with van der Waals surface area (Å²) in [5.74, 6) is -0.809. The minimum absolute atomic E-state index is 0.0276. The van der Waals surface area contributed by atoms with Crippen LogP contribution in [-0.4, -0.2) is 41.9 Å². The molecule has 0 radical (unpaired) electrons. The number of halogens is 2. The lowest BCUT2D eigenvalue weighted by atomic mass is 10.1. The van der Waals surface area contributed by atoms with Crippen LogP contribution < -0.4 is 4.74 Å². The zero-order chi connectivity index (χ0) is 23.4. The second-order valence-electron chi connectivity index (χ2n) is 8.54. The molecule has 0 saturated carbocycles. The fraction of sp³-hybridized carbons (Fsp3) is 0.296. The number of rotatable bonds is 6. The molecular formula is C27H28F2N2O2. The molecule has 0 bridgehead atoms. The molecule has 4 rings (SSSR count). The first-order valence-electron chi connectivity index (χ1n) is 11.1. The number of carbonyl (C=O) groups is 1. The fourth-order valence-corrected chi connectivity index (χ4v) is 4.02. The molecule has 0 N–H and O–H groups in total. The van der Waals surface area contributed by atoms with Gasteiger partial charge in [0.05, 0.1) is 0 Å². The monoisotopic (exact) mass is 450 g/mol. The number of hydrogen-bond donors (Lipinski definition) is 0. The van der Waals surface area contributed by atoms with Gasteiger partial charge in [-0.05, 0) is 54.8 Å². The Balaban J connectivity index is 1.34. The van der Waals surface area contributed by atoms with Crippen molar-refractivity contribution in [1.29, 1.82) is 0 Å². The van der Waals surface area contributed by atoms with E-state index in [4.69, 9.17) is 4.74 Å². The van der Waals surface area contributed by atoms with Crippen LogP contribution in [-0.2, 0) is 13.2 Å². The summed E-state index contributed by atoms with van der Waals surface area (Å²) in [6, 6.07) is 17.9. The molecular weight excluding hydrogens is 422 g/mol. The first kappa shape index (κ1) is 22.9. The molecule has 0 aliphatic carbocycles. The number of ether oxygens (including phenoxy) is 1. The minimum atomic E-state index is -0.831. The van der Waals surface area contributed by atoms with Gasteiger partial charge in [-0.15, -0.1) is 0 Å². The molecule has 1 heterocycles. The maximum atomic E-state index is 14.0. The van der Waals surface area contributed by atoms with Gasteiger partial charge in [-0.2, -0.15) is 0 Å². The average Bonchev–Trinajstić information content (AvgIpc) is 2.83. The highest BCUT2D eigenvalue weighted by atomic mass is 19.2. The van der Waals surface area contributed by atoms with Crippen molar-refractivity contribution in [3.8, 4) is 5.75 Å². The SMILES string of the molecule is Cc1ccc(C)c(OCc2cccc(C(=O)N3CCN(Cc4cccc(F)c4F)CC3)c2)c1. The van der Waals surface area contributed by atoms with Crippen LogP contribution in [0.1, 0.15) is 32.6 Å². The third-order valence-electron chi connectivity index (χ3n) is 6.00. The van der Waals surface area contributed by atoms with Gasteiger partial charge in [-0.25, -0.2) is 8.78 Å². The van der Waals surface area contributed by atoms with E-state index >= 15 is 0 Å². The normalized spacial score (nSPS) is 14.4. The van der Waals surface area contributed by atoms with Crippen LogP contribution in [0.5, 0.6) is 5.75 Å². The van der Waals surface area contributed by atoms with Gasteiger partial charge < -0.3 is 9.64 Å². The van der Waals surface area contributed by atoms with Crippen LogP contribution in [0, 0.1) is 25.5 Å². The molecule has 0 aromatic heterocycles. The summed E-state index contributed by atoms with van der Waals surface area (Å²) >= 11 is 0. The minimum Gasteiger partial charge on any atom is -0.489 e. The van der Waals surface area contributed by atoms with E-state index in [2.05, 4.69) is 6.07 Å². The molecule has 4 nitrogen and oxygen atoms in total. The van der Waals surface area contributed by atoms with Crippen LogP contribution in [0.15, 0.2) is 60.7 Å². The highest BCUT2D eigenvalue weighted by Gasteiger charge is 2.23. The highest BCUT2D eigenvalue weighted by Crippen LogP contribution is 2.21. The van der Waals surface area contributed by atoms with Crippen molar-refractivity contribution in [1.82, 2.24) is 9.80 Å². The van der Waals surface area contributed by atoms with Crippen molar-refractivity contribution in [3.05, 3.63) is 100 Å². The van der Waals surface area contributed by atoms with Gasteiger partial charge in [-0.1, -0.05) is 36.4 Å². The first-order chi connectivity index (χ1) is 15.9. The van der Waals surface area contributed by atoms with Gasteiger partial charge in [0.2, 0.25) is 0 Å². The Bertz CT molecular complexity index is 1140. The quantitative estimate of drug-likeness (QED) is 0.523. The summed E-state index contributed by atoms with van der Waals surface area (Å²) < 4.78 is 33.4. The predicted molar refractivity (Wildman–Crippen MR) is 124 cm³/mol. The molecule has 1 fully saturated rings. The third-order valence-corrected chi connectivity index (χ3v) is 6.00. The molecule has 1 saturated heterocycles. The van der Waals surface area contributed by atoms with Crippen molar-refractivity contribution in [2.75, 3.05) is 26.2 Å². The number of piperazine rings is 1. The molecule has 1 amide bonds. The number of carbonyl (C=O) groups excluding carboxylic acids is 1. The average molecular weight is 451 g/mol. The van der Waals surface area contributed by atoms with Crippen LogP contribution >= 0.6 is 0 Å². The third kappa shape index (κ3) is 5.57. The number of aryl methyl sites for hydroxylation is 2. The number of benzene rings is 3. The van der Waals surface area contributed by atoms with Crippen LogP contribution in [0.3, 0.4) is 0 Å². The smallest absolute Gasteiger partial charge is 0.253 e. The fourth-order valence-electron chi connectivity index (χ4n) is 4.02. The van der Waals surface area contributed by atoms with Crippen molar-refractivity contribution < 1.29 is 18.3 Å². The van der Waals surface area contributed by atoms with Gasteiger partial charge in [0, 0.05) is 43.9 Å². The molecule has 6 heteroatoms. The Hall–Kier alpha value is -3.25. The molecule has 3 aromatic carbocycles. The van der Waals surface area contributed by atoms with E-state index < -0.39 is 11.6 Å². The Morgan fingerprint density at radius 3 is 2.48 bits per heavy atom. The summed E-state index contributed by atoms with van der Waals surface area (Å²) in [5.41, 5.74) is 4.11. The summed E-state index contributed by atoms with van der Waals surface area (Å²) in [6.45, 7) is 7.05. The van der Waals surface area contributed by atoms with Crippen molar-refractivity contribution in [2.45, 2.75) is 27.0 Å². The van der Waals surface area contributed by atoms with E-state index in [0.29, 0.717) is 50.5 Å². The molecule has 1 aliphatic rings. The van der Waals surface area contributed by atoms with Gasteiger partial charge >= 0.3 is 0 Å². The van der Waals surface area contributed by atoms with E-state index in [-0.39, 0.29) is 5.91 Å². The maximum absolute atomic E-state index is 14.0. The zero-order valence-electron chi connectivity index (χ0n) is 19.0. The summed E-state index contributed by atoms with van der Waals surface area (Å²) in [7, 11) is 0. The summed E-state index contributed by atoms with van der Waals surface area (Å²) in [6.07, 6.45) is 0. The Morgan fingerprint density at radius 2 is 1.70 bits per heavy atom. The number of amides is 1. The lowest BCUT2D eigenvalue weighted by molar-refractivity contribution is 0.0626. The number of nitrogens with zero attached hydrogens (tertiary/aromatic N) is 2. The van der Waals surface area contributed by atoms with E-state index in [0.717, 1.165) is 28.5 Å². The van der Waals surface area contributed by atoms with Gasteiger partial charge in [-0.3, -0.25) is 9.69 Å². The van der Waals surface area contributed by atoms with E-state index in [1.807, 2.05) is 60.0 Å². The summed E-state index contributed by atoms with van der Waals surface area (Å²) in [4.78, 5) is 16.9. The maximum Gasteiger partial charge on any atom is 0.253 e. The molecule has 3 aromatic rings. The topological polar surface area (TPSA) is 32.8 Å². The Kier molecular flexibility index (Phi) is 7.04. The largest absolute Gasteiger partial charge is 0.489 e. The second-order valence-corrected chi connectivity index (χ2v) is 8.54. The van der Waals surface area contributed by atoms with Crippen LogP contribution in [0.2, 0.25) is 0 Å². The van der Waals surface area contributed by atoms with Crippen molar-refractivity contribution >= 4 is 5.91 Å². The molecule has 172 valence electrons. The van der Waals surface area contributed by atoms with Gasteiger partial charge in [0.15, 0.2) is 11.6 Å². The molecule has 0 unspecified atom stereocenters. The summed E-state index contributed by atoms with van der Waals surface area (Å²) in [5, 5.41) is 0. The van der Waals surface area contributed by atoms with Crippen LogP contribution in [0.25, 0.3) is 0 Å². The predicted octanol–water partition coefficient (Wildman–Crippen LogP) is 5.12. The number of hydrogen-bond acceptors (Lipinski definition) is 3. The van der Waals surface area contributed by atoms with Crippen LogP contribution in [0.4, 0.5) is 8.78 Å². The molecule has 1 aliphatic heterocycles. The van der Waals surface area contributed by atoms with Crippen molar-refractivity contribution in [2.24, 2.45) is 0 Å². The van der Waals surface area contributed by atoms with Gasteiger partial charge in [0.1, 0.15) is 12.4 Å².